The van der Waals surface area contributed by atoms with Crippen LogP contribution < -0.4 is 5.32 Å². The number of nitrogens with one attached hydrogen (secondary N) is 1. The number of rotatable bonds is 7. The van der Waals surface area contributed by atoms with Crippen molar-refractivity contribution in [3.63, 3.8) is 0 Å². The molecule has 1 N–H and O–H groups in total. The van der Waals surface area contributed by atoms with Gasteiger partial charge in [-0.1, -0.05) is 30.3 Å². The van der Waals surface area contributed by atoms with Crippen molar-refractivity contribution in [3.8, 4) is 0 Å². The molecule has 2 aromatic rings. The van der Waals surface area contributed by atoms with Crippen molar-refractivity contribution in [2.75, 3.05) is 20.7 Å². The first-order chi connectivity index (χ1) is 12.0. The molecule has 7 nitrogen and oxygen atoms in total. The Labute approximate surface area is 145 Å². The van der Waals surface area contributed by atoms with Crippen LogP contribution in [0.25, 0.3) is 0 Å². The van der Waals surface area contributed by atoms with Gasteiger partial charge in [0.05, 0.1) is 6.26 Å². The van der Waals surface area contributed by atoms with Crippen LogP contribution in [0.15, 0.2) is 53.1 Å². The summed E-state index contributed by atoms with van der Waals surface area (Å²) >= 11 is 0. The number of carbonyl (C=O) groups excluding carboxylic acids is 3. The smallest absolute Gasteiger partial charge is 0.329 e. The van der Waals surface area contributed by atoms with E-state index in [1.165, 1.54) is 17.2 Å². The molecule has 0 aliphatic carbocycles. The highest BCUT2D eigenvalue weighted by Gasteiger charge is 2.25. The molecule has 0 saturated carbocycles. The Morgan fingerprint density at radius 1 is 1.12 bits per heavy atom. The molecule has 1 aromatic carbocycles. The van der Waals surface area contributed by atoms with Crippen molar-refractivity contribution in [3.05, 3.63) is 60.1 Å². The van der Waals surface area contributed by atoms with Gasteiger partial charge in [0.15, 0.2) is 12.4 Å². The zero-order valence-corrected chi connectivity index (χ0v) is 14.1. The van der Waals surface area contributed by atoms with Gasteiger partial charge in [-0.25, -0.2) is 4.79 Å². The van der Waals surface area contributed by atoms with Crippen LogP contribution in [0.4, 0.5) is 0 Å². The van der Waals surface area contributed by atoms with E-state index in [0.29, 0.717) is 0 Å². The van der Waals surface area contributed by atoms with E-state index in [0.717, 1.165) is 5.56 Å². The van der Waals surface area contributed by atoms with Crippen LogP contribution in [0.1, 0.15) is 16.1 Å². The average molecular weight is 344 g/mol. The minimum atomic E-state index is -0.935. The number of hydrogen-bond acceptors (Lipinski definition) is 5. The number of hydrogen-bond donors (Lipinski definition) is 1. The summed E-state index contributed by atoms with van der Waals surface area (Å²) in [7, 11) is 3.13. The molecule has 0 bridgehead atoms. The van der Waals surface area contributed by atoms with Gasteiger partial charge in [-0.15, -0.1) is 0 Å². The summed E-state index contributed by atoms with van der Waals surface area (Å²) in [5, 5.41) is 2.59. The summed E-state index contributed by atoms with van der Waals surface area (Å²) in [6.07, 6.45) is 1.61. The van der Waals surface area contributed by atoms with E-state index in [9.17, 15) is 14.4 Å². The maximum atomic E-state index is 12.3. The molecule has 132 valence electrons. The maximum absolute atomic E-state index is 12.3. The highest BCUT2D eigenvalue weighted by atomic mass is 16.5. The minimum absolute atomic E-state index is 0.0928. The second-order valence-corrected chi connectivity index (χ2v) is 5.59. The number of esters is 1. The Morgan fingerprint density at radius 2 is 1.84 bits per heavy atom. The van der Waals surface area contributed by atoms with Gasteiger partial charge in [-0.3, -0.25) is 9.59 Å². The molecule has 0 aliphatic heterocycles. The second-order valence-electron chi connectivity index (χ2n) is 5.59. The highest BCUT2D eigenvalue weighted by molar-refractivity contribution is 5.94. The van der Waals surface area contributed by atoms with Gasteiger partial charge >= 0.3 is 5.97 Å². The Hall–Kier alpha value is -3.09. The molecule has 1 atom stereocenters. The first kappa shape index (κ1) is 18.3. The van der Waals surface area contributed by atoms with Gasteiger partial charge in [-0.2, -0.15) is 0 Å². The van der Waals surface area contributed by atoms with Crippen LogP contribution in [0, 0.1) is 0 Å². The molecule has 2 rings (SSSR count). The molecule has 7 heteroatoms. The zero-order valence-electron chi connectivity index (χ0n) is 14.1. The summed E-state index contributed by atoms with van der Waals surface area (Å²) in [6, 6.07) is 11.3. The van der Waals surface area contributed by atoms with Gasteiger partial charge in [0.2, 0.25) is 0 Å². The highest BCUT2D eigenvalue weighted by Crippen LogP contribution is 2.07. The van der Waals surface area contributed by atoms with E-state index in [4.69, 9.17) is 9.15 Å². The number of ether oxygens (including phenoxy) is 1. The Kier molecular flexibility index (Phi) is 6.33. The lowest BCUT2D eigenvalue weighted by Gasteiger charge is -2.18. The van der Waals surface area contributed by atoms with Gasteiger partial charge in [0, 0.05) is 20.5 Å². The van der Waals surface area contributed by atoms with Gasteiger partial charge in [0.25, 0.3) is 11.8 Å². The first-order valence-electron chi connectivity index (χ1n) is 7.72. The molecule has 1 heterocycles. The summed E-state index contributed by atoms with van der Waals surface area (Å²) in [5.74, 6) is -1.46. The molecule has 0 saturated heterocycles. The van der Waals surface area contributed by atoms with E-state index in [-0.39, 0.29) is 24.7 Å². The van der Waals surface area contributed by atoms with Crippen molar-refractivity contribution in [2.45, 2.75) is 12.5 Å². The number of nitrogens with zero attached hydrogens (tertiary/aromatic N) is 1. The third-order valence-electron chi connectivity index (χ3n) is 3.45. The molecule has 1 aromatic heterocycles. The summed E-state index contributed by atoms with van der Waals surface area (Å²) in [6.45, 7) is -0.381. The van der Waals surface area contributed by atoms with E-state index in [1.807, 2.05) is 30.3 Å². The third kappa shape index (κ3) is 5.49. The van der Waals surface area contributed by atoms with Gasteiger partial charge in [0.1, 0.15) is 6.04 Å². The summed E-state index contributed by atoms with van der Waals surface area (Å²) in [5.41, 5.74) is 0.850. The van der Waals surface area contributed by atoms with E-state index in [1.54, 1.807) is 20.2 Å². The lowest BCUT2D eigenvalue weighted by Crippen LogP contribution is -2.44. The minimum Gasteiger partial charge on any atom is -0.459 e. The van der Waals surface area contributed by atoms with Crippen molar-refractivity contribution in [1.82, 2.24) is 10.2 Å². The molecule has 0 fully saturated rings. The molecular formula is C18H20N2O5. The van der Waals surface area contributed by atoms with Crippen LogP contribution in [0.3, 0.4) is 0 Å². The maximum Gasteiger partial charge on any atom is 0.329 e. The predicted molar refractivity (Wildman–Crippen MR) is 89.8 cm³/mol. The first-order valence-corrected chi connectivity index (χ1v) is 7.72. The number of likely N-dealkylation sites (N-methyl/N-ethyl adjacent to an activating group) is 1. The van der Waals surface area contributed by atoms with Crippen molar-refractivity contribution >= 4 is 17.8 Å². The van der Waals surface area contributed by atoms with Gasteiger partial charge < -0.3 is 19.4 Å². The number of benzene rings is 1. The lowest BCUT2D eigenvalue weighted by molar-refractivity contribution is -0.152. The molecule has 0 radical (unpaired) electrons. The second kappa shape index (κ2) is 8.68. The zero-order chi connectivity index (χ0) is 18.2. The van der Waals surface area contributed by atoms with Crippen LogP contribution in [-0.2, 0) is 20.7 Å². The number of amides is 2. The fourth-order valence-corrected chi connectivity index (χ4v) is 2.04. The monoisotopic (exact) mass is 344 g/mol. The molecular weight excluding hydrogens is 324 g/mol. The van der Waals surface area contributed by atoms with Crippen LogP contribution in [0.2, 0.25) is 0 Å². The topological polar surface area (TPSA) is 88.9 Å². The van der Waals surface area contributed by atoms with Crippen molar-refractivity contribution in [2.24, 2.45) is 0 Å². The SMILES string of the molecule is CN(C)C(=O)COC(=O)[C@@H](Cc1ccccc1)NC(=O)c1ccco1. The average Bonchev–Trinajstić information content (AvgIpc) is 3.14. The van der Waals surface area contributed by atoms with E-state index < -0.39 is 17.9 Å². The number of carbonyl (C=O) groups is 3. The standard InChI is InChI=1S/C18H20N2O5/c1-20(2)16(21)12-25-18(23)14(11-13-7-4-3-5-8-13)19-17(22)15-9-6-10-24-15/h3-10,14H,11-12H2,1-2H3,(H,19,22)/t14-/m1/s1. The number of furan rings is 1. The lowest BCUT2D eigenvalue weighted by atomic mass is 10.1. The quantitative estimate of drug-likeness (QED) is 0.764. The molecule has 0 unspecified atom stereocenters. The van der Waals surface area contributed by atoms with Crippen LogP contribution in [0.5, 0.6) is 0 Å². The molecule has 0 aliphatic rings. The Balaban J connectivity index is 2.06. The summed E-state index contributed by atoms with van der Waals surface area (Å²) in [4.78, 5) is 37.4. The summed E-state index contributed by atoms with van der Waals surface area (Å²) < 4.78 is 10.1. The largest absolute Gasteiger partial charge is 0.459 e. The Morgan fingerprint density at radius 3 is 2.44 bits per heavy atom. The third-order valence-corrected chi connectivity index (χ3v) is 3.45. The Bertz CT molecular complexity index is 710. The molecule has 0 spiro atoms. The van der Waals surface area contributed by atoms with Crippen LogP contribution in [-0.4, -0.2) is 49.4 Å². The molecule has 2 amide bonds. The molecule has 25 heavy (non-hydrogen) atoms. The fourth-order valence-electron chi connectivity index (χ4n) is 2.04. The van der Waals surface area contributed by atoms with E-state index >= 15 is 0 Å². The normalized spacial score (nSPS) is 11.4. The van der Waals surface area contributed by atoms with Crippen molar-refractivity contribution in [1.29, 1.82) is 0 Å². The van der Waals surface area contributed by atoms with Crippen LogP contribution >= 0.6 is 0 Å². The van der Waals surface area contributed by atoms with Crippen molar-refractivity contribution < 1.29 is 23.5 Å². The van der Waals surface area contributed by atoms with E-state index in [2.05, 4.69) is 5.32 Å². The van der Waals surface area contributed by atoms with Gasteiger partial charge in [-0.05, 0) is 17.7 Å². The fraction of sp³-hybridized carbons (Fsp3) is 0.278. The predicted octanol–water partition coefficient (Wildman–Crippen LogP) is 1.25.